The monoisotopic (exact) mass is 312 g/mol. The molecule has 0 aromatic carbocycles. The lowest BCUT2D eigenvalue weighted by molar-refractivity contribution is -0.341. The summed E-state index contributed by atoms with van der Waals surface area (Å²) in [7, 11) is 0. The van der Waals surface area contributed by atoms with Crippen LogP contribution < -0.4 is 0 Å². The minimum atomic E-state index is -1.65. The van der Waals surface area contributed by atoms with Gasteiger partial charge in [0.1, 0.15) is 42.7 Å². The topological polar surface area (TPSA) is 169 Å². The van der Waals surface area contributed by atoms with Crippen LogP contribution in [0.4, 0.5) is 0 Å². The third-order valence-corrected chi connectivity index (χ3v) is 3.62. The summed E-state index contributed by atoms with van der Waals surface area (Å²) in [5.74, 6) is 0. The van der Waals surface area contributed by atoms with Crippen molar-refractivity contribution in [1.82, 2.24) is 0 Å². The third kappa shape index (κ3) is 3.19. The molecule has 2 saturated heterocycles. The summed E-state index contributed by atoms with van der Waals surface area (Å²) >= 11 is 0. The summed E-state index contributed by atoms with van der Waals surface area (Å²) in [6, 6.07) is 0. The van der Waals surface area contributed by atoms with Crippen molar-refractivity contribution in [3.63, 3.8) is 0 Å². The highest BCUT2D eigenvalue weighted by Gasteiger charge is 2.49. The van der Waals surface area contributed by atoms with Crippen LogP contribution in [-0.4, -0.2) is 104 Å². The first-order valence-electron chi connectivity index (χ1n) is 6.49. The number of aliphatic hydroxyl groups is 7. The zero-order chi connectivity index (χ0) is 15.7. The first kappa shape index (κ1) is 17.0. The Morgan fingerprint density at radius 1 is 0.619 bits per heavy atom. The zero-order valence-corrected chi connectivity index (χ0v) is 11.0. The van der Waals surface area contributed by atoms with Crippen LogP contribution in [0.2, 0.25) is 0 Å². The van der Waals surface area contributed by atoms with E-state index in [0.29, 0.717) is 0 Å². The third-order valence-electron chi connectivity index (χ3n) is 3.62. The molecule has 0 aromatic rings. The van der Waals surface area contributed by atoms with E-state index >= 15 is 0 Å². The predicted molar refractivity (Wildman–Crippen MR) is 62.6 cm³/mol. The van der Waals surface area contributed by atoms with Crippen LogP contribution in [0, 0.1) is 0 Å². The van der Waals surface area contributed by atoms with Crippen molar-refractivity contribution < 1.29 is 50.0 Å². The molecule has 9 atom stereocenters. The average molecular weight is 312 g/mol. The second-order valence-corrected chi connectivity index (χ2v) is 5.04. The van der Waals surface area contributed by atoms with Gasteiger partial charge in [-0.25, -0.2) is 0 Å². The highest BCUT2D eigenvalue weighted by Crippen LogP contribution is 2.28. The van der Waals surface area contributed by atoms with Gasteiger partial charge >= 0.3 is 0 Å². The molecule has 10 heteroatoms. The summed E-state index contributed by atoms with van der Waals surface area (Å²) in [5, 5.41) is 66.2. The van der Waals surface area contributed by atoms with Gasteiger partial charge < -0.3 is 50.0 Å². The lowest BCUT2D eigenvalue weighted by atomic mass is 9.99. The average Bonchev–Trinajstić information content (AvgIpc) is 2.75. The van der Waals surface area contributed by atoms with Gasteiger partial charge in [0.2, 0.25) is 0 Å². The maximum Gasteiger partial charge on any atom is 0.189 e. The van der Waals surface area contributed by atoms with Gasteiger partial charge in [0.15, 0.2) is 12.6 Å². The zero-order valence-electron chi connectivity index (χ0n) is 11.0. The molecule has 21 heavy (non-hydrogen) atoms. The molecule has 2 fully saturated rings. The Balaban J connectivity index is 2.01. The molecule has 2 rings (SSSR count). The fourth-order valence-electron chi connectivity index (χ4n) is 2.29. The number of hydrogen-bond acceptors (Lipinski definition) is 10. The first-order valence-corrected chi connectivity index (χ1v) is 6.49. The van der Waals surface area contributed by atoms with Gasteiger partial charge in [0.25, 0.3) is 0 Å². The Morgan fingerprint density at radius 2 is 1.00 bits per heavy atom. The van der Waals surface area contributed by atoms with E-state index in [1.165, 1.54) is 0 Å². The van der Waals surface area contributed by atoms with Crippen molar-refractivity contribution in [2.75, 3.05) is 13.2 Å². The van der Waals surface area contributed by atoms with E-state index in [1.807, 2.05) is 0 Å². The van der Waals surface area contributed by atoms with E-state index in [1.54, 1.807) is 0 Å². The van der Waals surface area contributed by atoms with Gasteiger partial charge in [-0.15, -0.1) is 0 Å². The summed E-state index contributed by atoms with van der Waals surface area (Å²) in [6.45, 7) is -1.17. The SMILES string of the molecule is OC[C@H]1OC(OC2O[C@H](CO)[C@@H](O)[C@@H]2O)[C@H](O)[C@@H](O)[C@@H]1O. The molecule has 0 amide bonds. The molecule has 124 valence electrons. The molecule has 2 heterocycles. The fraction of sp³-hybridized carbons (Fsp3) is 1.00. The van der Waals surface area contributed by atoms with E-state index in [0.717, 1.165) is 0 Å². The molecule has 0 bridgehead atoms. The molecular weight excluding hydrogens is 292 g/mol. The number of rotatable bonds is 4. The number of ether oxygens (including phenoxy) is 3. The molecule has 2 unspecified atom stereocenters. The minimum absolute atomic E-state index is 0.549. The normalized spacial score (nSPS) is 51.3. The molecule has 0 saturated carbocycles. The molecular formula is C11H20O10. The van der Waals surface area contributed by atoms with E-state index < -0.39 is 68.5 Å². The van der Waals surface area contributed by atoms with Gasteiger partial charge in [-0.05, 0) is 0 Å². The Morgan fingerprint density at radius 3 is 1.43 bits per heavy atom. The van der Waals surface area contributed by atoms with Crippen LogP contribution in [0.3, 0.4) is 0 Å². The van der Waals surface area contributed by atoms with Crippen molar-refractivity contribution >= 4 is 0 Å². The van der Waals surface area contributed by atoms with Crippen LogP contribution in [-0.2, 0) is 14.2 Å². The molecule has 2 aliphatic heterocycles. The van der Waals surface area contributed by atoms with Crippen LogP contribution >= 0.6 is 0 Å². The Kier molecular flexibility index (Phi) is 5.48. The van der Waals surface area contributed by atoms with Gasteiger partial charge in [0.05, 0.1) is 13.2 Å². The van der Waals surface area contributed by atoms with Crippen molar-refractivity contribution in [1.29, 1.82) is 0 Å². The Bertz CT molecular complexity index is 339. The van der Waals surface area contributed by atoms with Crippen molar-refractivity contribution in [2.45, 2.75) is 55.3 Å². The number of aliphatic hydroxyl groups excluding tert-OH is 7. The van der Waals surface area contributed by atoms with E-state index in [9.17, 15) is 25.5 Å². The van der Waals surface area contributed by atoms with E-state index in [4.69, 9.17) is 24.4 Å². The summed E-state index contributed by atoms with van der Waals surface area (Å²) in [4.78, 5) is 0. The lowest BCUT2D eigenvalue weighted by Crippen LogP contribution is -2.60. The van der Waals surface area contributed by atoms with Crippen molar-refractivity contribution in [3.8, 4) is 0 Å². The van der Waals surface area contributed by atoms with Gasteiger partial charge in [-0.1, -0.05) is 0 Å². The first-order chi connectivity index (χ1) is 9.90. The van der Waals surface area contributed by atoms with Crippen LogP contribution in [0.15, 0.2) is 0 Å². The van der Waals surface area contributed by atoms with E-state index in [-0.39, 0.29) is 0 Å². The number of hydrogen-bond donors (Lipinski definition) is 7. The maximum absolute atomic E-state index is 9.77. The smallest absolute Gasteiger partial charge is 0.189 e. The molecule has 10 nitrogen and oxygen atoms in total. The second-order valence-electron chi connectivity index (χ2n) is 5.04. The van der Waals surface area contributed by atoms with Crippen molar-refractivity contribution in [2.24, 2.45) is 0 Å². The fourth-order valence-corrected chi connectivity index (χ4v) is 2.29. The Labute approximate surface area is 119 Å². The minimum Gasteiger partial charge on any atom is -0.394 e. The van der Waals surface area contributed by atoms with E-state index in [2.05, 4.69) is 0 Å². The van der Waals surface area contributed by atoms with Gasteiger partial charge in [-0.3, -0.25) is 0 Å². The van der Waals surface area contributed by atoms with Gasteiger partial charge in [-0.2, -0.15) is 0 Å². The second kappa shape index (κ2) is 6.79. The molecule has 2 aliphatic rings. The maximum atomic E-state index is 9.77. The molecule has 7 N–H and O–H groups in total. The van der Waals surface area contributed by atoms with Crippen molar-refractivity contribution in [3.05, 3.63) is 0 Å². The van der Waals surface area contributed by atoms with Gasteiger partial charge in [0, 0.05) is 0 Å². The molecule has 0 radical (unpaired) electrons. The standard InChI is InChI=1S/C11H20O10/c12-1-3-5(14)7(16)9(18)11(19-3)21-10-8(17)6(15)4(2-13)20-10/h3-18H,1-2H2/t3-,4-,5-,6-,7+,8+,9-,10?,11?/m1/s1. The summed E-state index contributed by atoms with van der Waals surface area (Å²) in [5.41, 5.74) is 0. The lowest BCUT2D eigenvalue weighted by Gasteiger charge is -2.40. The summed E-state index contributed by atoms with van der Waals surface area (Å²) in [6.07, 6.45) is -12.8. The van der Waals surface area contributed by atoms with Crippen LogP contribution in [0.25, 0.3) is 0 Å². The van der Waals surface area contributed by atoms with Crippen LogP contribution in [0.5, 0.6) is 0 Å². The quantitative estimate of drug-likeness (QED) is 0.267. The molecule has 0 aliphatic carbocycles. The predicted octanol–water partition coefficient (Wildman–Crippen LogP) is -4.76. The highest BCUT2D eigenvalue weighted by molar-refractivity contribution is 4.91. The Hall–Kier alpha value is -0.400. The molecule has 0 aromatic heterocycles. The largest absolute Gasteiger partial charge is 0.394 e. The van der Waals surface area contributed by atoms with Crippen LogP contribution in [0.1, 0.15) is 0 Å². The molecule has 0 spiro atoms. The summed E-state index contributed by atoms with van der Waals surface area (Å²) < 4.78 is 15.3. The highest BCUT2D eigenvalue weighted by atomic mass is 16.8.